The molecule has 8 rings (SSSR count). The fourth-order valence-electron chi connectivity index (χ4n) is 8.53. The smallest absolute Gasteiger partial charge is 0.169 e. The first-order chi connectivity index (χ1) is 20.5. The minimum Gasteiger partial charge on any atom is -0.371 e. The van der Waals surface area contributed by atoms with Crippen molar-refractivity contribution in [2.24, 2.45) is 10.9 Å². The van der Waals surface area contributed by atoms with E-state index in [1.165, 1.54) is 39.8 Å². The highest BCUT2D eigenvalue weighted by Crippen LogP contribution is 2.64. The summed E-state index contributed by atoms with van der Waals surface area (Å²) in [7, 11) is 0. The van der Waals surface area contributed by atoms with Crippen molar-refractivity contribution in [3.63, 3.8) is 0 Å². The van der Waals surface area contributed by atoms with Crippen LogP contribution in [0.25, 0.3) is 5.70 Å². The van der Waals surface area contributed by atoms with Crippen molar-refractivity contribution < 1.29 is 4.79 Å². The lowest BCUT2D eigenvalue weighted by molar-refractivity contribution is 0.0648. The maximum Gasteiger partial charge on any atom is 0.169 e. The fraction of sp³-hybridized carbons (Fsp3) is 0.316. The second-order valence-electron chi connectivity index (χ2n) is 12.8. The molecule has 0 radical (unpaired) electrons. The molecule has 2 saturated heterocycles. The number of Topliss-reactive ketones (excluding diaryl/α,β-unsaturated/α-hetero) is 1. The van der Waals surface area contributed by atoms with Crippen LogP contribution in [0.5, 0.6) is 0 Å². The van der Waals surface area contributed by atoms with Gasteiger partial charge in [-0.25, -0.2) is 0 Å². The minimum absolute atomic E-state index is 0.0328. The molecule has 4 nitrogen and oxygen atoms in total. The Hall–Kier alpha value is -4.02. The predicted molar refractivity (Wildman–Crippen MR) is 169 cm³/mol. The number of hydrogen-bond donors (Lipinski definition) is 1. The van der Waals surface area contributed by atoms with Crippen molar-refractivity contribution in [1.82, 2.24) is 10.2 Å². The maximum atomic E-state index is 15.1. The summed E-state index contributed by atoms with van der Waals surface area (Å²) in [6.07, 6.45) is 7.92. The van der Waals surface area contributed by atoms with Gasteiger partial charge in [0.15, 0.2) is 5.78 Å². The molecule has 5 aliphatic rings. The van der Waals surface area contributed by atoms with Gasteiger partial charge in [0.2, 0.25) is 0 Å². The second kappa shape index (κ2) is 9.50. The average molecular weight is 552 g/mol. The van der Waals surface area contributed by atoms with Crippen LogP contribution in [0.1, 0.15) is 71.6 Å². The van der Waals surface area contributed by atoms with Gasteiger partial charge in [0.1, 0.15) is 5.54 Å². The summed E-state index contributed by atoms with van der Waals surface area (Å²) in [5.41, 5.74) is 10.7. The summed E-state index contributed by atoms with van der Waals surface area (Å²) >= 11 is 0. The first kappa shape index (κ1) is 25.7. The van der Waals surface area contributed by atoms with Crippen LogP contribution in [0.15, 0.2) is 113 Å². The Bertz CT molecular complexity index is 1730. The van der Waals surface area contributed by atoms with Crippen molar-refractivity contribution in [3.8, 4) is 0 Å². The van der Waals surface area contributed by atoms with Gasteiger partial charge in [-0.05, 0) is 68.5 Å². The van der Waals surface area contributed by atoms with E-state index in [1.54, 1.807) is 0 Å². The van der Waals surface area contributed by atoms with Crippen molar-refractivity contribution >= 4 is 17.2 Å². The largest absolute Gasteiger partial charge is 0.371 e. The normalized spacial score (nSPS) is 29.5. The van der Waals surface area contributed by atoms with E-state index in [2.05, 4.69) is 91.7 Å². The highest BCUT2D eigenvalue weighted by Gasteiger charge is 2.67. The Morgan fingerprint density at radius 3 is 2.48 bits per heavy atom. The van der Waals surface area contributed by atoms with Gasteiger partial charge in [0.05, 0.1) is 29.1 Å². The molecule has 0 saturated carbocycles. The number of benzene rings is 3. The summed E-state index contributed by atoms with van der Waals surface area (Å²) in [6, 6.07) is 28.0. The number of hydrogen-bond acceptors (Lipinski definition) is 4. The van der Waals surface area contributed by atoms with Crippen molar-refractivity contribution in [1.29, 1.82) is 0 Å². The van der Waals surface area contributed by atoms with E-state index in [0.29, 0.717) is 0 Å². The zero-order chi connectivity index (χ0) is 28.6. The van der Waals surface area contributed by atoms with E-state index in [1.807, 2.05) is 30.3 Å². The Balaban J connectivity index is 1.43. The number of aliphatic imine (C=N–C) groups is 1. The maximum absolute atomic E-state index is 15.1. The average Bonchev–Trinajstić information content (AvgIpc) is 3.48. The Labute approximate surface area is 248 Å². The van der Waals surface area contributed by atoms with E-state index in [4.69, 9.17) is 4.99 Å². The quantitative estimate of drug-likeness (QED) is 0.346. The van der Waals surface area contributed by atoms with Crippen LogP contribution in [-0.4, -0.2) is 35.0 Å². The summed E-state index contributed by atoms with van der Waals surface area (Å²) < 4.78 is 0. The zero-order valence-corrected chi connectivity index (χ0v) is 24.6. The van der Waals surface area contributed by atoms with E-state index in [0.717, 1.165) is 42.1 Å². The molecule has 2 aliphatic carbocycles. The monoisotopic (exact) mass is 551 g/mol. The molecule has 42 heavy (non-hydrogen) atoms. The van der Waals surface area contributed by atoms with E-state index < -0.39 is 5.54 Å². The third-order valence-corrected chi connectivity index (χ3v) is 10.5. The molecule has 210 valence electrons. The van der Waals surface area contributed by atoms with Crippen LogP contribution in [0.4, 0.5) is 0 Å². The summed E-state index contributed by atoms with van der Waals surface area (Å²) in [5, 5.41) is 3.92. The van der Waals surface area contributed by atoms with Crippen molar-refractivity contribution in [2.75, 3.05) is 6.54 Å². The summed E-state index contributed by atoms with van der Waals surface area (Å²) in [6.45, 7) is 7.44. The summed E-state index contributed by atoms with van der Waals surface area (Å²) in [4.78, 5) is 23.4. The van der Waals surface area contributed by atoms with Crippen molar-refractivity contribution in [2.45, 2.75) is 63.6 Å². The molecule has 0 bridgehead atoms. The number of nitrogens with zero attached hydrogens (tertiary/aromatic N) is 2. The number of carbonyl (C=O) groups excluding carboxylic acids is 1. The number of nitrogens with one attached hydrogen (secondary N) is 1. The molecule has 1 N–H and O–H groups in total. The van der Waals surface area contributed by atoms with Crippen LogP contribution >= 0.6 is 0 Å². The first-order valence-corrected chi connectivity index (χ1v) is 15.5. The number of ketones is 1. The minimum atomic E-state index is -0.650. The lowest BCUT2D eigenvalue weighted by Gasteiger charge is -2.45. The Kier molecular flexibility index (Phi) is 5.81. The Morgan fingerprint density at radius 2 is 1.67 bits per heavy atom. The highest BCUT2D eigenvalue weighted by molar-refractivity contribution is 6.08. The number of allylic oxidation sites excluding steroid dienone is 2. The number of fused-ring (bicyclic) bond motifs is 7. The molecular formula is C38H37N3O. The number of carbonyl (C=O) groups is 1. The molecular weight excluding hydrogens is 514 g/mol. The Morgan fingerprint density at radius 1 is 0.905 bits per heavy atom. The molecule has 3 heterocycles. The molecule has 0 amide bonds. The topological polar surface area (TPSA) is 44.7 Å². The van der Waals surface area contributed by atoms with Gasteiger partial charge in [-0.2, -0.15) is 0 Å². The molecule has 1 spiro atoms. The van der Waals surface area contributed by atoms with Gasteiger partial charge in [-0.15, -0.1) is 0 Å². The third kappa shape index (κ3) is 3.51. The molecule has 5 atom stereocenters. The lowest BCUT2D eigenvalue weighted by Crippen LogP contribution is -2.52. The first-order valence-electron chi connectivity index (χ1n) is 15.5. The zero-order valence-electron chi connectivity index (χ0n) is 24.6. The molecule has 0 aromatic heterocycles. The van der Waals surface area contributed by atoms with Gasteiger partial charge >= 0.3 is 0 Å². The van der Waals surface area contributed by atoms with E-state index in [-0.39, 0.29) is 29.7 Å². The second-order valence-corrected chi connectivity index (χ2v) is 12.8. The predicted octanol–water partition coefficient (Wildman–Crippen LogP) is 7.34. The standard InChI is InChI=1S/C38H37N3O/c1-23-16-18-26(19-17-23)33-32-15-9-10-20-41(32)38(34(33)36(42)27-11-5-4-6-12-27)29-14-8-7-13-28(29)35-37(38)40-31-22-25(3)24(2)21-30(31)39-35/h4-8,11-14,16-19,21-22,30,32-34,39H,9-10,15,20H2,1-3H3/t30?,32-,33-,34-,38+/m1/s1. The van der Waals surface area contributed by atoms with Gasteiger partial charge in [0, 0.05) is 23.1 Å². The molecule has 3 aliphatic heterocycles. The van der Waals surface area contributed by atoms with Crippen LogP contribution < -0.4 is 5.32 Å². The van der Waals surface area contributed by atoms with Crippen LogP contribution in [0, 0.1) is 12.8 Å². The third-order valence-electron chi connectivity index (χ3n) is 10.5. The molecule has 3 aromatic carbocycles. The number of rotatable bonds is 3. The van der Waals surface area contributed by atoms with Gasteiger partial charge in [-0.3, -0.25) is 14.7 Å². The number of piperidine rings is 1. The highest BCUT2D eigenvalue weighted by atomic mass is 16.1. The molecule has 2 fully saturated rings. The lowest BCUT2D eigenvalue weighted by atomic mass is 9.68. The summed E-state index contributed by atoms with van der Waals surface area (Å²) in [5.74, 6) is -0.0391. The van der Waals surface area contributed by atoms with Gasteiger partial charge in [0.25, 0.3) is 0 Å². The van der Waals surface area contributed by atoms with E-state index in [9.17, 15) is 0 Å². The van der Waals surface area contributed by atoms with Crippen molar-refractivity contribution in [3.05, 3.63) is 136 Å². The van der Waals surface area contributed by atoms with Crippen LogP contribution in [0.2, 0.25) is 0 Å². The van der Waals surface area contributed by atoms with Gasteiger partial charge in [-0.1, -0.05) is 96.9 Å². The SMILES string of the molecule is CC1=CC2=NC3=C(NC2C=C1C)c1ccccc1[C@]31[C@@H](C(=O)c2ccccc2)[C@H](c2ccc(C)cc2)[C@H]2CCCCN21. The number of aryl methyl sites for hydroxylation is 1. The molecule has 4 heteroatoms. The van der Waals surface area contributed by atoms with Crippen LogP contribution in [0.3, 0.4) is 0 Å². The van der Waals surface area contributed by atoms with Gasteiger partial charge < -0.3 is 5.32 Å². The fourth-order valence-corrected chi connectivity index (χ4v) is 8.53. The van der Waals surface area contributed by atoms with E-state index >= 15 is 4.79 Å². The molecule has 3 aromatic rings. The van der Waals surface area contributed by atoms with Crippen LogP contribution in [-0.2, 0) is 5.54 Å². The molecule has 1 unspecified atom stereocenters.